The van der Waals surface area contributed by atoms with Crippen molar-refractivity contribution in [3.63, 3.8) is 0 Å². The second-order valence-corrected chi connectivity index (χ2v) is 2.11. The van der Waals surface area contributed by atoms with Crippen molar-refractivity contribution < 1.29 is 0 Å². The summed E-state index contributed by atoms with van der Waals surface area (Å²) in [5.74, 6) is 0. The Morgan fingerprint density at radius 3 is 2.56 bits per heavy atom. The van der Waals surface area contributed by atoms with Gasteiger partial charge in [-0.2, -0.15) is 5.10 Å². The summed E-state index contributed by atoms with van der Waals surface area (Å²) in [6, 6.07) is 2.01. The van der Waals surface area contributed by atoms with E-state index in [4.69, 9.17) is 7.85 Å². The van der Waals surface area contributed by atoms with Gasteiger partial charge in [0, 0.05) is 12.1 Å². The molecule has 0 saturated carbocycles. The van der Waals surface area contributed by atoms with E-state index in [-0.39, 0.29) is 0 Å². The molecular weight excluding hydrogens is 111 g/mol. The highest BCUT2D eigenvalue weighted by molar-refractivity contribution is 6.06. The fourth-order valence-corrected chi connectivity index (χ4v) is 0.860. The molecule has 0 atom stereocenters. The third-order valence-corrected chi connectivity index (χ3v) is 1.28. The summed E-state index contributed by atoms with van der Waals surface area (Å²) in [5.41, 5.74) is 2.15. The molecule has 1 aromatic heterocycles. The lowest BCUT2D eigenvalue weighted by Gasteiger charge is -1.95. The molecule has 1 heterocycles. The molecule has 0 bridgehead atoms. The summed E-state index contributed by atoms with van der Waals surface area (Å²) in [6.45, 7) is 3.95. The minimum atomic E-state index is 0.472. The Balaban J connectivity index is 3.01. The lowest BCUT2D eigenvalue weighted by molar-refractivity contribution is 0.709. The van der Waals surface area contributed by atoms with E-state index in [0.29, 0.717) is 6.44 Å². The maximum absolute atomic E-state index is 5.36. The van der Waals surface area contributed by atoms with Crippen LogP contribution < -0.4 is 0 Å². The minimum Gasteiger partial charge on any atom is -0.279 e. The van der Waals surface area contributed by atoms with Crippen molar-refractivity contribution in [1.82, 2.24) is 9.78 Å². The molecule has 0 amide bonds. The van der Waals surface area contributed by atoms with Gasteiger partial charge in [0.2, 0.25) is 0 Å². The molecule has 1 aromatic rings. The average molecular weight is 120 g/mol. The topological polar surface area (TPSA) is 17.8 Å². The van der Waals surface area contributed by atoms with Crippen LogP contribution in [0.2, 0.25) is 0 Å². The lowest BCUT2D eigenvalue weighted by Crippen LogP contribution is -2.01. The normalized spacial score (nSPS) is 10.0. The van der Waals surface area contributed by atoms with Gasteiger partial charge in [0.1, 0.15) is 0 Å². The third-order valence-electron chi connectivity index (χ3n) is 1.28. The number of rotatable bonds is 1. The molecule has 0 aliphatic heterocycles. The SMILES string of the molecule is [B]Cn1nc(C)cc1C. The molecule has 1 rings (SSSR count). The Bertz CT molecular complexity index is 205. The van der Waals surface area contributed by atoms with Gasteiger partial charge in [-0.3, -0.25) is 4.68 Å². The van der Waals surface area contributed by atoms with E-state index < -0.39 is 0 Å². The molecule has 2 radical (unpaired) electrons. The summed E-state index contributed by atoms with van der Waals surface area (Å²) in [6.07, 6.45) is 0.472. The van der Waals surface area contributed by atoms with Crippen LogP contribution in [0.3, 0.4) is 0 Å². The predicted octanol–water partition coefficient (Wildman–Crippen LogP) is 0.626. The summed E-state index contributed by atoms with van der Waals surface area (Å²) in [7, 11) is 5.36. The van der Waals surface area contributed by atoms with E-state index in [0.717, 1.165) is 11.4 Å². The summed E-state index contributed by atoms with van der Waals surface area (Å²) >= 11 is 0. The molecule has 3 heteroatoms. The van der Waals surface area contributed by atoms with Gasteiger partial charge < -0.3 is 0 Å². The van der Waals surface area contributed by atoms with Crippen LogP contribution in [0.5, 0.6) is 0 Å². The van der Waals surface area contributed by atoms with Crippen LogP contribution in [-0.4, -0.2) is 17.6 Å². The third kappa shape index (κ3) is 1.15. The highest BCUT2D eigenvalue weighted by atomic mass is 15.3. The summed E-state index contributed by atoms with van der Waals surface area (Å²) < 4.78 is 1.77. The first-order valence-electron chi connectivity index (χ1n) is 2.95. The van der Waals surface area contributed by atoms with Crippen LogP contribution in [0.15, 0.2) is 6.07 Å². The van der Waals surface area contributed by atoms with Gasteiger partial charge in [-0.1, -0.05) is 0 Å². The number of hydrogen-bond acceptors (Lipinski definition) is 1. The molecule has 2 nitrogen and oxygen atoms in total. The summed E-state index contributed by atoms with van der Waals surface area (Å²) in [5, 5.41) is 4.12. The number of aromatic nitrogens is 2. The van der Waals surface area contributed by atoms with Gasteiger partial charge in [-0.05, 0) is 19.9 Å². The van der Waals surface area contributed by atoms with Crippen LogP contribution in [0.4, 0.5) is 0 Å². The second kappa shape index (κ2) is 2.25. The quantitative estimate of drug-likeness (QED) is 0.497. The van der Waals surface area contributed by atoms with Crippen molar-refractivity contribution in [2.75, 3.05) is 0 Å². The van der Waals surface area contributed by atoms with E-state index in [2.05, 4.69) is 5.10 Å². The molecule has 0 saturated heterocycles. The maximum Gasteiger partial charge on any atom is 0.0972 e. The number of aryl methyl sites for hydroxylation is 2. The first-order chi connectivity index (χ1) is 4.24. The first kappa shape index (κ1) is 6.40. The smallest absolute Gasteiger partial charge is 0.0972 e. The predicted molar refractivity (Wildman–Crippen MR) is 37.5 cm³/mol. The van der Waals surface area contributed by atoms with Gasteiger partial charge in [0.15, 0.2) is 0 Å². The zero-order valence-corrected chi connectivity index (χ0v) is 5.76. The van der Waals surface area contributed by atoms with Gasteiger partial charge >= 0.3 is 0 Å². The Kier molecular flexibility index (Phi) is 1.60. The Hall–Kier alpha value is -0.725. The molecule has 0 aromatic carbocycles. The Morgan fingerprint density at radius 2 is 2.33 bits per heavy atom. The monoisotopic (exact) mass is 120 g/mol. The number of hydrogen-bond donors (Lipinski definition) is 0. The van der Waals surface area contributed by atoms with Crippen molar-refractivity contribution >= 4 is 7.85 Å². The van der Waals surface area contributed by atoms with Crippen molar-refractivity contribution in [3.05, 3.63) is 17.5 Å². The standard InChI is InChI=1S/C6H9BN2/c1-5-3-6(2)9(4-7)8-5/h3H,4H2,1-2H3. The second-order valence-electron chi connectivity index (χ2n) is 2.11. The molecule has 0 aliphatic rings. The van der Waals surface area contributed by atoms with E-state index >= 15 is 0 Å². The fraction of sp³-hybridized carbons (Fsp3) is 0.500. The van der Waals surface area contributed by atoms with Gasteiger partial charge in [0.25, 0.3) is 0 Å². The lowest BCUT2D eigenvalue weighted by atomic mass is 10.2. The molecule has 46 valence electrons. The van der Waals surface area contributed by atoms with Crippen molar-refractivity contribution in [3.8, 4) is 0 Å². The van der Waals surface area contributed by atoms with E-state index in [9.17, 15) is 0 Å². The molecule has 0 unspecified atom stereocenters. The fourth-order valence-electron chi connectivity index (χ4n) is 0.860. The van der Waals surface area contributed by atoms with Gasteiger partial charge in [0.05, 0.1) is 13.5 Å². The minimum absolute atomic E-state index is 0.472. The Morgan fingerprint density at radius 1 is 1.67 bits per heavy atom. The zero-order chi connectivity index (χ0) is 6.85. The van der Waals surface area contributed by atoms with Crippen LogP contribution in [0.1, 0.15) is 11.4 Å². The van der Waals surface area contributed by atoms with E-state index in [1.54, 1.807) is 4.68 Å². The van der Waals surface area contributed by atoms with Crippen molar-refractivity contribution in [2.45, 2.75) is 20.3 Å². The van der Waals surface area contributed by atoms with Crippen LogP contribution >= 0.6 is 0 Å². The molecule has 9 heavy (non-hydrogen) atoms. The van der Waals surface area contributed by atoms with Crippen molar-refractivity contribution in [2.24, 2.45) is 0 Å². The maximum atomic E-state index is 5.36. The van der Waals surface area contributed by atoms with E-state index in [1.165, 1.54) is 0 Å². The van der Waals surface area contributed by atoms with Gasteiger partial charge in [-0.25, -0.2) is 0 Å². The highest BCUT2D eigenvalue weighted by Crippen LogP contribution is 1.99. The van der Waals surface area contributed by atoms with Crippen LogP contribution in [0, 0.1) is 13.8 Å². The van der Waals surface area contributed by atoms with Crippen molar-refractivity contribution in [1.29, 1.82) is 0 Å². The van der Waals surface area contributed by atoms with E-state index in [1.807, 2.05) is 19.9 Å². The number of nitrogens with zero attached hydrogens (tertiary/aromatic N) is 2. The zero-order valence-electron chi connectivity index (χ0n) is 5.76. The Labute approximate surface area is 56.3 Å². The molecular formula is C6H9BN2. The molecule has 0 fully saturated rings. The van der Waals surface area contributed by atoms with Crippen LogP contribution in [-0.2, 0) is 6.44 Å². The van der Waals surface area contributed by atoms with Crippen LogP contribution in [0.25, 0.3) is 0 Å². The largest absolute Gasteiger partial charge is 0.279 e. The molecule has 0 aliphatic carbocycles. The first-order valence-corrected chi connectivity index (χ1v) is 2.95. The highest BCUT2D eigenvalue weighted by Gasteiger charge is 1.94. The summed E-state index contributed by atoms with van der Waals surface area (Å²) in [4.78, 5) is 0. The van der Waals surface area contributed by atoms with Gasteiger partial charge in [-0.15, -0.1) is 0 Å². The molecule has 0 spiro atoms. The average Bonchev–Trinajstić information content (AvgIpc) is 2.10. The molecule has 0 N–H and O–H groups in total.